The van der Waals surface area contributed by atoms with Gasteiger partial charge in [-0.25, -0.2) is 13.6 Å². The molecule has 228 valence electrons. The number of ether oxygens (including phenoxy) is 1. The highest BCUT2D eigenvalue weighted by atomic mass is 35.5. The van der Waals surface area contributed by atoms with Crippen molar-refractivity contribution in [2.45, 2.75) is 37.3 Å². The molecule has 1 N–H and O–H groups in total. The molecule has 4 aliphatic rings. The van der Waals surface area contributed by atoms with Crippen LogP contribution in [0.5, 0.6) is 0 Å². The maximum Gasteiger partial charge on any atom is 0.337 e. The van der Waals surface area contributed by atoms with Crippen LogP contribution >= 0.6 is 23.2 Å². The Morgan fingerprint density at radius 3 is 2.59 bits per heavy atom. The van der Waals surface area contributed by atoms with E-state index in [1.54, 1.807) is 30.3 Å². The number of fused-ring (bicyclic) bond motifs is 3. The van der Waals surface area contributed by atoms with E-state index in [1.807, 2.05) is 0 Å². The Balaban J connectivity index is 1.43. The lowest BCUT2D eigenvalue weighted by Gasteiger charge is -2.40. The third kappa shape index (κ3) is 4.19. The number of hydrogen-bond donors (Lipinski definition) is 1. The predicted octanol–water partition coefficient (Wildman–Crippen LogP) is 6.38. The molecule has 3 aliphatic heterocycles. The van der Waals surface area contributed by atoms with Crippen molar-refractivity contribution in [3.8, 4) is 0 Å². The average molecular weight is 641 g/mol. The molecule has 1 saturated carbocycles. The lowest BCUT2D eigenvalue weighted by molar-refractivity contribution is -0.128. The minimum absolute atomic E-state index is 0.00205. The largest absolute Gasteiger partial charge is 0.465 e. The minimum Gasteiger partial charge on any atom is -0.465 e. The van der Waals surface area contributed by atoms with Crippen LogP contribution in [0.3, 0.4) is 0 Å². The molecule has 1 aliphatic carbocycles. The number of hydrogen-bond acceptors (Lipinski definition) is 5. The fraction of sp³-hybridized carbons (Fsp3) is 0.364. The summed E-state index contributed by atoms with van der Waals surface area (Å²) in [4.78, 5) is 44.6. The zero-order chi connectivity index (χ0) is 31.1. The van der Waals surface area contributed by atoms with Gasteiger partial charge in [-0.15, -0.1) is 0 Å². The van der Waals surface area contributed by atoms with Gasteiger partial charge in [0, 0.05) is 41.3 Å². The van der Waals surface area contributed by atoms with Gasteiger partial charge in [-0.3, -0.25) is 14.5 Å². The van der Waals surface area contributed by atoms with Gasteiger partial charge in [0.1, 0.15) is 17.2 Å². The van der Waals surface area contributed by atoms with E-state index in [0.29, 0.717) is 41.1 Å². The molecule has 3 aromatic carbocycles. The second-order valence-electron chi connectivity index (χ2n) is 12.2. The molecule has 44 heavy (non-hydrogen) atoms. The zero-order valence-corrected chi connectivity index (χ0v) is 25.5. The summed E-state index contributed by atoms with van der Waals surface area (Å²) in [5, 5.41) is 3.30. The van der Waals surface area contributed by atoms with Crippen LogP contribution in [0, 0.1) is 29.4 Å². The predicted molar refractivity (Wildman–Crippen MR) is 162 cm³/mol. The van der Waals surface area contributed by atoms with Gasteiger partial charge in [-0.05, 0) is 66.6 Å². The highest BCUT2D eigenvalue weighted by molar-refractivity contribution is 6.31. The van der Waals surface area contributed by atoms with Crippen molar-refractivity contribution >= 4 is 52.4 Å². The Morgan fingerprint density at radius 2 is 1.89 bits per heavy atom. The first-order chi connectivity index (χ1) is 21.1. The first-order valence-electron chi connectivity index (χ1n) is 14.6. The maximum atomic E-state index is 16.1. The van der Waals surface area contributed by atoms with Gasteiger partial charge in [-0.2, -0.15) is 0 Å². The molecule has 11 heteroatoms. The van der Waals surface area contributed by atoms with Crippen LogP contribution in [0.25, 0.3) is 0 Å². The summed E-state index contributed by atoms with van der Waals surface area (Å²) >= 11 is 12.6. The molecule has 3 heterocycles. The third-order valence-electron chi connectivity index (χ3n) is 9.95. The number of nitrogens with one attached hydrogen (secondary N) is 1. The molecule has 1 spiro atoms. The summed E-state index contributed by atoms with van der Waals surface area (Å²) in [6, 6.07) is 13.1. The van der Waals surface area contributed by atoms with Crippen molar-refractivity contribution in [2.24, 2.45) is 17.8 Å². The molecule has 6 atom stereocenters. The zero-order valence-electron chi connectivity index (χ0n) is 24.0. The van der Waals surface area contributed by atoms with Gasteiger partial charge in [0.15, 0.2) is 0 Å². The Kier molecular flexibility index (Phi) is 6.99. The average Bonchev–Trinajstić information content (AvgIpc) is 3.51. The third-order valence-corrected chi connectivity index (χ3v) is 10.5. The highest BCUT2D eigenvalue weighted by Gasteiger charge is 2.70. The summed E-state index contributed by atoms with van der Waals surface area (Å²) in [5.41, 5.74) is -0.158. The van der Waals surface area contributed by atoms with Crippen molar-refractivity contribution in [2.75, 3.05) is 30.4 Å². The molecule has 0 aromatic heterocycles. The molecule has 7 rings (SSSR count). The van der Waals surface area contributed by atoms with E-state index < -0.39 is 46.9 Å². The van der Waals surface area contributed by atoms with Gasteiger partial charge in [0.05, 0.1) is 29.3 Å². The summed E-state index contributed by atoms with van der Waals surface area (Å²) in [7, 11) is 1.20. The second-order valence-corrected chi connectivity index (χ2v) is 13.0. The van der Waals surface area contributed by atoms with Crippen LogP contribution in [0.15, 0.2) is 54.6 Å². The molecule has 0 bridgehead atoms. The van der Waals surface area contributed by atoms with Crippen LogP contribution in [-0.4, -0.2) is 48.9 Å². The number of benzene rings is 3. The summed E-state index contributed by atoms with van der Waals surface area (Å²) in [5.74, 6) is -4.13. The van der Waals surface area contributed by atoms with E-state index in [-0.39, 0.29) is 34.3 Å². The Labute approximate surface area is 263 Å². The van der Waals surface area contributed by atoms with Crippen molar-refractivity contribution in [3.05, 3.63) is 93.0 Å². The van der Waals surface area contributed by atoms with Crippen LogP contribution in [0.1, 0.15) is 47.2 Å². The molecular weight excluding hydrogens is 611 g/mol. The number of piperidine rings is 1. The van der Waals surface area contributed by atoms with Gasteiger partial charge in [0.2, 0.25) is 11.8 Å². The van der Waals surface area contributed by atoms with E-state index in [4.69, 9.17) is 27.9 Å². The van der Waals surface area contributed by atoms with E-state index in [1.165, 1.54) is 30.2 Å². The fourth-order valence-electron chi connectivity index (χ4n) is 7.77. The quantitative estimate of drug-likeness (QED) is 0.328. The van der Waals surface area contributed by atoms with Crippen molar-refractivity contribution < 1.29 is 27.9 Å². The van der Waals surface area contributed by atoms with Gasteiger partial charge in [0.25, 0.3) is 0 Å². The second kappa shape index (κ2) is 10.5. The standard InChI is InChI=1S/C33H29Cl2F2N3O4/c1-16-12-18(16)15-40-26-10-11-39(25-9-6-17(13-23(25)36)31(42)44-2)30(41)27(26)28(20-4-3-5-22(35)29(20)37)33(40)21-8-7-19(34)14-24(21)38-32(33)43/h3-9,13-14,16,18,26-28H,10-12,15H2,1-2H3,(H,38,43)/t16?,18?,26-,27+,28-,33+/m0/s1. The number of esters is 1. The molecule has 0 radical (unpaired) electrons. The van der Waals surface area contributed by atoms with Gasteiger partial charge < -0.3 is 15.0 Å². The lowest BCUT2D eigenvalue weighted by Crippen LogP contribution is -2.54. The molecule has 2 saturated heterocycles. The van der Waals surface area contributed by atoms with Gasteiger partial charge >= 0.3 is 5.97 Å². The molecular formula is C33H29Cl2F2N3O4. The molecule has 7 nitrogen and oxygen atoms in total. The van der Waals surface area contributed by atoms with Crippen LogP contribution in [0.2, 0.25) is 10.0 Å². The maximum absolute atomic E-state index is 16.1. The Morgan fingerprint density at radius 1 is 1.11 bits per heavy atom. The number of nitrogens with zero attached hydrogens (tertiary/aromatic N) is 2. The Bertz CT molecular complexity index is 1740. The number of likely N-dealkylation sites (tertiary alicyclic amines) is 1. The van der Waals surface area contributed by atoms with Crippen molar-refractivity contribution in [1.29, 1.82) is 0 Å². The number of rotatable bonds is 5. The highest BCUT2D eigenvalue weighted by Crippen LogP contribution is 2.62. The number of amides is 2. The smallest absolute Gasteiger partial charge is 0.337 e. The number of methoxy groups -OCH3 is 1. The monoisotopic (exact) mass is 639 g/mol. The normalized spacial score (nSPS) is 29.0. The van der Waals surface area contributed by atoms with Crippen LogP contribution in [-0.2, 0) is 19.9 Å². The summed E-state index contributed by atoms with van der Waals surface area (Å²) in [6.45, 7) is 2.85. The molecule has 2 unspecified atom stereocenters. The number of carbonyl (C=O) groups is 3. The van der Waals surface area contributed by atoms with Crippen molar-refractivity contribution in [1.82, 2.24) is 4.90 Å². The topological polar surface area (TPSA) is 78.9 Å². The minimum atomic E-state index is -1.44. The molecule has 3 fully saturated rings. The fourth-order valence-corrected chi connectivity index (χ4v) is 8.12. The first kappa shape index (κ1) is 29.2. The summed E-state index contributed by atoms with van der Waals surface area (Å²) < 4.78 is 36.3. The van der Waals surface area contributed by atoms with E-state index in [0.717, 1.165) is 12.5 Å². The van der Waals surface area contributed by atoms with E-state index in [2.05, 4.69) is 17.1 Å². The number of anilines is 2. The number of carbonyl (C=O) groups excluding carboxylic acids is 3. The van der Waals surface area contributed by atoms with Crippen LogP contribution < -0.4 is 10.2 Å². The summed E-state index contributed by atoms with van der Waals surface area (Å²) in [6.07, 6.45) is 1.39. The van der Waals surface area contributed by atoms with Crippen LogP contribution in [0.4, 0.5) is 20.2 Å². The van der Waals surface area contributed by atoms with Crippen molar-refractivity contribution in [3.63, 3.8) is 0 Å². The first-order valence-corrected chi connectivity index (χ1v) is 15.3. The number of halogens is 4. The molecule has 3 aromatic rings. The SMILES string of the molecule is COC(=O)c1ccc(N2CC[C@H]3[C@@H](C2=O)[C@H](c2cccc(Cl)c2F)[C@]2(C(=O)Nc4cc(Cl)ccc42)N3CC2CC2C)c(F)c1. The van der Waals surface area contributed by atoms with E-state index >= 15 is 8.78 Å². The Hall–Kier alpha value is -3.53. The van der Waals surface area contributed by atoms with Gasteiger partial charge in [-0.1, -0.05) is 48.3 Å². The van der Waals surface area contributed by atoms with E-state index in [9.17, 15) is 14.4 Å². The lowest BCUT2D eigenvalue weighted by atomic mass is 9.70. The molecule has 2 amide bonds.